The first-order chi connectivity index (χ1) is 12.9. The number of likely N-dealkylation sites (tertiary alicyclic amines) is 1. The third kappa shape index (κ3) is 4.91. The highest BCUT2D eigenvalue weighted by Gasteiger charge is 2.35. The number of benzene rings is 1. The first-order valence-electron chi connectivity index (χ1n) is 10.2. The van der Waals surface area contributed by atoms with Gasteiger partial charge in [0.05, 0.1) is 11.4 Å². The lowest BCUT2D eigenvalue weighted by atomic mass is 9.95. The van der Waals surface area contributed by atoms with Gasteiger partial charge >= 0.3 is 0 Å². The summed E-state index contributed by atoms with van der Waals surface area (Å²) in [6, 6.07) is 6.89. The maximum atomic E-state index is 13.4. The Hall–Kier alpha value is -1.40. The van der Waals surface area contributed by atoms with Gasteiger partial charge in [-0.1, -0.05) is 43.9 Å². The van der Waals surface area contributed by atoms with Crippen LogP contribution in [0.5, 0.6) is 0 Å². The monoisotopic (exact) mass is 392 g/mol. The van der Waals surface area contributed by atoms with Crippen molar-refractivity contribution in [2.24, 2.45) is 5.92 Å². The van der Waals surface area contributed by atoms with Crippen LogP contribution in [0.25, 0.3) is 0 Å². The van der Waals surface area contributed by atoms with Gasteiger partial charge in [0, 0.05) is 19.1 Å². The van der Waals surface area contributed by atoms with E-state index in [1.54, 1.807) is 12.1 Å². The largest absolute Gasteiger partial charge is 0.342 e. The predicted molar refractivity (Wildman–Crippen MR) is 107 cm³/mol. The van der Waals surface area contributed by atoms with Gasteiger partial charge in [-0.2, -0.15) is 4.31 Å². The first-order valence-corrected chi connectivity index (χ1v) is 11.7. The third-order valence-corrected chi connectivity index (χ3v) is 7.95. The van der Waals surface area contributed by atoms with Crippen molar-refractivity contribution in [2.45, 2.75) is 69.7 Å². The fourth-order valence-electron chi connectivity index (χ4n) is 4.12. The van der Waals surface area contributed by atoms with Crippen molar-refractivity contribution < 1.29 is 13.2 Å². The van der Waals surface area contributed by atoms with Gasteiger partial charge < -0.3 is 4.90 Å². The average molecular weight is 393 g/mol. The summed E-state index contributed by atoms with van der Waals surface area (Å²) in [5.41, 5.74) is 1.02. The van der Waals surface area contributed by atoms with Gasteiger partial charge in [0.15, 0.2) is 0 Å². The summed E-state index contributed by atoms with van der Waals surface area (Å²) in [6.45, 7) is 5.59. The minimum absolute atomic E-state index is 0.0325. The number of rotatable bonds is 5. The van der Waals surface area contributed by atoms with Gasteiger partial charge in [-0.05, 0) is 50.7 Å². The van der Waals surface area contributed by atoms with Crippen LogP contribution in [0.3, 0.4) is 0 Å². The summed E-state index contributed by atoms with van der Waals surface area (Å²) in [7, 11) is -3.68. The van der Waals surface area contributed by atoms with Gasteiger partial charge in [0.25, 0.3) is 0 Å². The van der Waals surface area contributed by atoms with E-state index in [0.717, 1.165) is 63.6 Å². The molecule has 1 aliphatic heterocycles. The van der Waals surface area contributed by atoms with Crippen molar-refractivity contribution in [3.63, 3.8) is 0 Å². The van der Waals surface area contributed by atoms with Gasteiger partial charge in [-0.25, -0.2) is 8.42 Å². The second-order valence-electron chi connectivity index (χ2n) is 8.22. The normalized spacial score (nSPS) is 20.2. The number of piperidine rings is 1. The smallest absolute Gasteiger partial charge is 0.243 e. The van der Waals surface area contributed by atoms with Crippen molar-refractivity contribution in [1.82, 2.24) is 9.21 Å². The molecule has 1 aromatic carbocycles. The highest BCUT2D eigenvalue weighted by atomic mass is 32.2. The lowest BCUT2D eigenvalue weighted by Gasteiger charge is -2.36. The minimum Gasteiger partial charge on any atom is -0.342 e. The number of carbonyl (C=O) groups excluding carboxylic acids is 1. The van der Waals surface area contributed by atoms with E-state index < -0.39 is 10.0 Å². The lowest BCUT2D eigenvalue weighted by Crippen LogP contribution is -2.49. The minimum atomic E-state index is -3.68. The summed E-state index contributed by atoms with van der Waals surface area (Å²) >= 11 is 0. The van der Waals surface area contributed by atoms with E-state index >= 15 is 0 Å². The van der Waals surface area contributed by atoms with Crippen molar-refractivity contribution in [3.05, 3.63) is 29.8 Å². The van der Waals surface area contributed by atoms with Crippen LogP contribution in [-0.4, -0.2) is 49.2 Å². The fraction of sp³-hybridized carbons (Fsp3) is 0.667. The second kappa shape index (κ2) is 8.74. The maximum Gasteiger partial charge on any atom is 0.243 e. The molecule has 0 radical (unpaired) electrons. The molecule has 0 bridgehead atoms. The van der Waals surface area contributed by atoms with E-state index in [2.05, 4.69) is 6.92 Å². The van der Waals surface area contributed by atoms with Gasteiger partial charge in [-0.15, -0.1) is 0 Å². The van der Waals surface area contributed by atoms with E-state index in [-0.39, 0.29) is 18.5 Å². The molecule has 1 saturated heterocycles. The average Bonchev–Trinajstić information content (AvgIpc) is 2.67. The predicted octanol–water partition coefficient (Wildman–Crippen LogP) is 3.58. The highest BCUT2D eigenvalue weighted by Crippen LogP contribution is 2.28. The number of amides is 1. The molecule has 1 heterocycles. The number of hydrogen-bond donors (Lipinski definition) is 0. The zero-order valence-corrected chi connectivity index (χ0v) is 17.4. The van der Waals surface area contributed by atoms with Crippen LogP contribution in [0, 0.1) is 12.8 Å². The number of sulfonamides is 1. The first kappa shape index (κ1) is 20.3. The fourth-order valence-corrected chi connectivity index (χ4v) is 5.75. The second-order valence-corrected chi connectivity index (χ2v) is 10.1. The molecule has 0 N–H and O–H groups in total. The number of nitrogens with zero attached hydrogens (tertiary/aromatic N) is 2. The van der Waals surface area contributed by atoms with Crippen molar-refractivity contribution in [3.8, 4) is 0 Å². The number of hydrogen-bond acceptors (Lipinski definition) is 3. The zero-order chi connectivity index (χ0) is 19.4. The summed E-state index contributed by atoms with van der Waals surface area (Å²) < 4.78 is 28.2. The Morgan fingerprint density at radius 1 is 1.04 bits per heavy atom. The van der Waals surface area contributed by atoms with E-state index in [9.17, 15) is 13.2 Å². The van der Waals surface area contributed by atoms with Crippen molar-refractivity contribution >= 4 is 15.9 Å². The summed E-state index contributed by atoms with van der Waals surface area (Å²) in [6.07, 6.45) is 6.89. The molecule has 1 aromatic rings. The molecule has 0 aromatic heterocycles. The molecule has 2 aliphatic rings. The third-order valence-electron chi connectivity index (χ3n) is 6.04. The number of carbonyl (C=O) groups is 1. The van der Waals surface area contributed by atoms with E-state index in [1.807, 2.05) is 24.0 Å². The van der Waals surface area contributed by atoms with Crippen molar-refractivity contribution in [1.29, 1.82) is 0 Å². The highest BCUT2D eigenvalue weighted by molar-refractivity contribution is 7.89. The zero-order valence-electron chi connectivity index (χ0n) is 16.6. The van der Waals surface area contributed by atoms with Crippen LogP contribution >= 0.6 is 0 Å². The Kier molecular flexibility index (Phi) is 6.58. The molecule has 27 heavy (non-hydrogen) atoms. The van der Waals surface area contributed by atoms with Crippen LogP contribution in [0.1, 0.15) is 57.4 Å². The van der Waals surface area contributed by atoms with Gasteiger partial charge in [0.2, 0.25) is 15.9 Å². The molecule has 1 aliphatic carbocycles. The molecule has 3 rings (SSSR count). The molecule has 5 nitrogen and oxygen atoms in total. The van der Waals surface area contributed by atoms with E-state index in [1.165, 1.54) is 4.31 Å². The SMILES string of the molecule is Cc1ccc(S(=O)(=O)N(CC(=O)N2CCC(C)CC2)C2CCCCC2)cc1. The molecular weight excluding hydrogens is 360 g/mol. The number of aryl methyl sites for hydroxylation is 1. The summed E-state index contributed by atoms with van der Waals surface area (Å²) in [4.78, 5) is 15.0. The van der Waals surface area contributed by atoms with Crippen molar-refractivity contribution in [2.75, 3.05) is 19.6 Å². The van der Waals surface area contributed by atoms with Gasteiger partial charge in [0.1, 0.15) is 0 Å². The van der Waals surface area contributed by atoms with Crippen LogP contribution in [0.15, 0.2) is 29.2 Å². The maximum absolute atomic E-state index is 13.4. The van der Waals surface area contributed by atoms with Crippen LogP contribution in [0.2, 0.25) is 0 Å². The molecular formula is C21H32N2O3S. The Morgan fingerprint density at radius 2 is 1.63 bits per heavy atom. The van der Waals surface area contributed by atoms with Gasteiger partial charge in [-0.3, -0.25) is 4.79 Å². The van der Waals surface area contributed by atoms with E-state index in [0.29, 0.717) is 10.8 Å². The Morgan fingerprint density at radius 3 is 2.22 bits per heavy atom. The molecule has 0 spiro atoms. The Balaban J connectivity index is 1.82. The molecule has 2 fully saturated rings. The Labute approximate surface area is 163 Å². The molecule has 1 saturated carbocycles. The quantitative estimate of drug-likeness (QED) is 0.770. The molecule has 6 heteroatoms. The Bertz CT molecular complexity index is 731. The summed E-state index contributed by atoms with van der Waals surface area (Å²) in [5.74, 6) is 0.586. The van der Waals surface area contributed by atoms with Crippen LogP contribution in [0.4, 0.5) is 0 Å². The molecule has 150 valence electrons. The topological polar surface area (TPSA) is 57.7 Å². The molecule has 0 atom stereocenters. The van der Waals surface area contributed by atoms with Crippen LogP contribution < -0.4 is 0 Å². The standard InChI is InChI=1S/C21H32N2O3S/c1-17-8-10-20(11-9-17)27(25,26)23(19-6-4-3-5-7-19)16-21(24)22-14-12-18(2)13-15-22/h8-11,18-19H,3-7,12-16H2,1-2H3. The van der Waals surface area contributed by atoms with E-state index in [4.69, 9.17) is 0 Å². The van der Waals surface area contributed by atoms with Crippen LogP contribution in [-0.2, 0) is 14.8 Å². The summed E-state index contributed by atoms with van der Waals surface area (Å²) in [5, 5.41) is 0. The lowest BCUT2D eigenvalue weighted by molar-refractivity contribution is -0.133. The molecule has 0 unspecified atom stereocenters. The molecule has 1 amide bonds.